The van der Waals surface area contributed by atoms with Gasteiger partial charge in [-0.3, -0.25) is 38.6 Å². The highest BCUT2D eigenvalue weighted by Crippen LogP contribution is 2.29. The van der Waals surface area contributed by atoms with Crippen LogP contribution in [0.1, 0.15) is 82.3 Å². The quantitative estimate of drug-likeness (QED) is 0.0698. The first-order chi connectivity index (χ1) is 30.4. The van der Waals surface area contributed by atoms with Gasteiger partial charge in [-0.2, -0.15) is 0 Å². The van der Waals surface area contributed by atoms with E-state index in [4.69, 9.17) is 11.5 Å². The SMILES string of the molecule is CC(=O)N[C@@H](Cc1ccccc1)C(=O)NC1CNC(=O)[C@H](CCCN=C(N)N)NC(=O)[C@H](Cc2csc3ccccc23)NC(=O)[C@@H](CC2CCCCC2)NC(=O)C2CCCN2C1=O. The topological polar surface area (TPSA) is 259 Å². The van der Waals surface area contributed by atoms with Crippen molar-refractivity contribution in [1.82, 2.24) is 36.8 Å². The molecular weight excluding hydrogens is 825 g/mol. The molecule has 10 N–H and O–H groups in total. The Kier molecular flexibility index (Phi) is 16.5. The molecule has 3 aromatic rings. The molecule has 1 aliphatic carbocycles. The molecular formula is C45H60N10O7S. The molecule has 2 aromatic carbocycles. The molecule has 7 amide bonds. The molecule has 0 radical (unpaired) electrons. The monoisotopic (exact) mass is 884 g/mol. The number of thiophene rings is 1. The lowest BCUT2D eigenvalue weighted by molar-refractivity contribution is -0.143. The Labute approximate surface area is 371 Å². The van der Waals surface area contributed by atoms with Crippen LogP contribution in [0.3, 0.4) is 0 Å². The van der Waals surface area contributed by atoms with Crippen molar-refractivity contribution < 1.29 is 33.6 Å². The molecule has 338 valence electrons. The maximum absolute atomic E-state index is 14.6. The van der Waals surface area contributed by atoms with Gasteiger partial charge in [0.15, 0.2) is 5.96 Å². The summed E-state index contributed by atoms with van der Waals surface area (Å²) in [7, 11) is 0. The maximum atomic E-state index is 14.6. The van der Waals surface area contributed by atoms with E-state index in [0.29, 0.717) is 19.3 Å². The fourth-order valence-corrected chi connectivity index (χ4v) is 9.77. The van der Waals surface area contributed by atoms with Gasteiger partial charge in [-0.05, 0) is 66.0 Å². The summed E-state index contributed by atoms with van der Waals surface area (Å²) in [6, 6.07) is 10.0. The van der Waals surface area contributed by atoms with Crippen LogP contribution in [0, 0.1) is 5.92 Å². The number of benzene rings is 2. The van der Waals surface area contributed by atoms with Crippen LogP contribution in [0.5, 0.6) is 0 Å². The van der Waals surface area contributed by atoms with Gasteiger partial charge in [0.1, 0.15) is 36.3 Å². The van der Waals surface area contributed by atoms with Crippen molar-refractivity contribution in [3.8, 4) is 0 Å². The molecule has 6 rings (SSSR count). The third kappa shape index (κ3) is 13.0. The van der Waals surface area contributed by atoms with E-state index in [1.54, 1.807) is 12.1 Å². The zero-order chi connectivity index (χ0) is 44.9. The Balaban J connectivity index is 1.35. The van der Waals surface area contributed by atoms with Crippen LogP contribution in [-0.2, 0) is 46.4 Å². The van der Waals surface area contributed by atoms with Crippen molar-refractivity contribution in [3.05, 3.63) is 71.1 Å². The van der Waals surface area contributed by atoms with E-state index >= 15 is 0 Å². The second kappa shape index (κ2) is 22.4. The molecule has 0 bridgehead atoms. The fraction of sp³-hybridized carbons (Fsp3) is 0.511. The summed E-state index contributed by atoms with van der Waals surface area (Å²) in [5.41, 5.74) is 12.7. The Morgan fingerprint density at radius 2 is 1.54 bits per heavy atom. The highest BCUT2D eigenvalue weighted by atomic mass is 32.1. The van der Waals surface area contributed by atoms with Crippen LogP contribution >= 0.6 is 11.3 Å². The molecule has 1 aromatic heterocycles. The summed E-state index contributed by atoms with van der Waals surface area (Å²) < 4.78 is 1.01. The van der Waals surface area contributed by atoms with Crippen molar-refractivity contribution in [3.63, 3.8) is 0 Å². The van der Waals surface area contributed by atoms with Crippen LogP contribution in [0.15, 0.2) is 65.0 Å². The van der Waals surface area contributed by atoms with Crippen molar-refractivity contribution in [1.29, 1.82) is 0 Å². The van der Waals surface area contributed by atoms with E-state index < -0.39 is 84.1 Å². The highest BCUT2D eigenvalue weighted by Gasteiger charge is 2.41. The van der Waals surface area contributed by atoms with Crippen molar-refractivity contribution in [2.24, 2.45) is 22.4 Å². The van der Waals surface area contributed by atoms with Crippen molar-refractivity contribution >= 4 is 68.7 Å². The van der Waals surface area contributed by atoms with Crippen LogP contribution in [0.4, 0.5) is 0 Å². The van der Waals surface area contributed by atoms with Gasteiger partial charge in [-0.1, -0.05) is 80.6 Å². The number of carbonyl (C=O) groups is 7. The lowest BCUT2D eigenvalue weighted by Crippen LogP contribution is -2.62. The molecule has 3 heterocycles. The summed E-state index contributed by atoms with van der Waals surface area (Å²) in [4.78, 5) is 104. The highest BCUT2D eigenvalue weighted by molar-refractivity contribution is 7.17. The molecule has 18 heteroatoms. The smallest absolute Gasteiger partial charge is 0.247 e. The van der Waals surface area contributed by atoms with Gasteiger partial charge in [0.05, 0.1) is 0 Å². The molecule has 3 aliphatic rings. The summed E-state index contributed by atoms with van der Waals surface area (Å²) in [6.07, 6.45) is 6.58. The summed E-state index contributed by atoms with van der Waals surface area (Å²) >= 11 is 1.51. The molecule has 2 aliphatic heterocycles. The number of carbonyl (C=O) groups excluding carboxylic acids is 7. The average molecular weight is 885 g/mol. The molecule has 3 fully saturated rings. The normalized spacial score (nSPS) is 23.4. The minimum Gasteiger partial charge on any atom is -0.370 e. The van der Waals surface area contributed by atoms with E-state index in [1.165, 1.54) is 23.2 Å². The van der Waals surface area contributed by atoms with Crippen LogP contribution in [-0.4, -0.2) is 108 Å². The van der Waals surface area contributed by atoms with E-state index in [0.717, 1.165) is 53.3 Å². The predicted molar refractivity (Wildman–Crippen MR) is 240 cm³/mol. The third-order valence-corrected chi connectivity index (χ3v) is 13.0. The molecule has 2 saturated heterocycles. The van der Waals surface area contributed by atoms with Crippen LogP contribution < -0.4 is 43.4 Å². The lowest BCUT2D eigenvalue weighted by atomic mass is 9.84. The number of guanidine groups is 1. The number of rotatable bonds is 13. The minimum absolute atomic E-state index is 0.0810. The van der Waals surface area contributed by atoms with Crippen LogP contribution in [0.25, 0.3) is 10.1 Å². The van der Waals surface area contributed by atoms with Gasteiger partial charge in [0.2, 0.25) is 41.4 Å². The molecule has 1 saturated carbocycles. The Bertz CT molecular complexity index is 2140. The van der Waals surface area contributed by atoms with E-state index in [9.17, 15) is 33.6 Å². The first kappa shape index (κ1) is 46.5. The zero-order valence-electron chi connectivity index (χ0n) is 35.7. The number of hydrogen-bond donors (Lipinski definition) is 8. The summed E-state index contributed by atoms with van der Waals surface area (Å²) in [6.45, 7) is 1.23. The number of aliphatic imine (C=N–C) groups is 1. The number of hydrogen-bond acceptors (Lipinski definition) is 9. The number of nitrogens with one attached hydrogen (secondary N) is 6. The molecule has 6 atom stereocenters. The van der Waals surface area contributed by atoms with Gasteiger partial charge in [0, 0.05) is 44.1 Å². The summed E-state index contributed by atoms with van der Waals surface area (Å²) in [5, 5.41) is 19.9. The lowest BCUT2D eigenvalue weighted by Gasteiger charge is -2.33. The van der Waals surface area contributed by atoms with Gasteiger partial charge < -0.3 is 48.3 Å². The molecule has 17 nitrogen and oxygen atoms in total. The minimum atomic E-state index is -1.38. The van der Waals surface area contributed by atoms with E-state index in [-0.39, 0.29) is 50.7 Å². The standard InChI is InChI=1S/C45H60N10O7S/c1-27(56)50-33(22-28-12-4-2-5-13-28)40(58)54-36-25-49-39(57)32(17-10-20-48-45(46)47)51-42(60)35(24-30-26-63-38-19-9-8-16-31(30)38)52-41(59)34(23-29-14-6-3-7-15-29)53-43(61)37-18-11-21-55(37)44(36)62/h2,4-5,8-9,12-13,16,19,26,29,32-37H,3,6-7,10-11,14-15,17-18,20-25H2,1H3,(H,49,57)(H,50,56)(H,51,60)(H,52,59)(H,53,61)(H,54,58)(H4,46,47,48)/t32-,33-,34+,35-,36?,37?/m0/s1. The number of nitrogens with two attached hydrogens (primary N) is 2. The van der Waals surface area contributed by atoms with Crippen LogP contribution in [0.2, 0.25) is 0 Å². The Hall–Kier alpha value is -6.04. The zero-order valence-corrected chi connectivity index (χ0v) is 36.6. The maximum Gasteiger partial charge on any atom is 0.247 e. The molecule has 2 unspecified atom stereocenters. The van der Waals surface area contributed by atoms with Gasteiger partial charge in [-0.25, -0.2) is 0 Å². The predicted octanol–water partition coefficient (Wildman–Crippen LogP) is 1.28. The second-order valence-electron chi connectivity index (χ2n) is 16.8. The third-order valence-electron chi connectivity index (χ3n) is 12.0. The van der Waals surface area contributed by atoms with E-state index in [2.05, 4.69) is 36.9 Å². The van der Waals surface area contributed by atoms with Crippen molar-refractivity contribution in [2.45, 2.75) is 120 Å². The first-order valence-corrected chi connectivity index (χ1v) is 22.9. The fourth-order valence-electron chi connectivity index (χ4n) is 8.80. The van der Waals surface area contributed by atoms with Crippen molar-refractivity contribution in [2.75, 3.05) is 19.6 Å². The molecule has 63 heavy (non-hydrogen) atoms. The largest absolute Gasteiger partial charge is 0.370 e. The summed E-state index contributed by atoms with van der Waals surface area (Å²) in [5.74, 6) is -4.10. The van der Waals surface area contributed by atoms with Gasteiger partial charge in [-0.15, -0.1) is 11.3 Å². The Morgan fingerprint density at radius 3 is 2.29 bits per heavy atom. The number of nitrogens with zero attached hydrogens (tertiary/aromatic N) is 2. The van der Waals surface area contributed by atoms with Gasteiger partial charge in [0.25, 0.3) is 0 Å². The first-order valence-electron chi connectivity index (χ1n) is 22.0. The number of fused-ring (bicyclic) bond motifs is 2. The van der Waals surface area contributed by atoms with E-state index in [1.807, 2.05) is 47.8 Å². The second-order valence-corrected chi connectivity index (χ2v) is 17.7. The average Bonchev–Trinajstić information content (AvgIpc) is 3.93. The van der Waals surface area contributed by atoms with Gasteiger partial charge >= 0.3 is 0 Å². The Morgan fingerprint density at radius 1 is 0.841 bits per heavy atom. The number of amides is 7. The molecule has 0 spiro atoms.